The molecule has 0 saturated carbocycles. The van der Waals surface area contributed by atoms with Crippen molar-refractivity contribution in [3.05, 3.63) is 35.7 Å². The molecule has 1 aromatic carbocycles. The number of carbonyl (C=O) groups excluding carboxylic acids is 2. The Kier molecular flexibility index (Phi) is 2.75. The standard InChI is InChI=1S/C15H14N4O3/c1-8-16-13(18-22-8)9-3-2-4-10(5-9)15(21)19-7-11-6-12(19)14(20)17-11/h2-5,11-12H,6-7H2,1H3,(H,17,20)/t11-,12-/m0/s1. The maximum absolute atomic E-state index is 12.7. The Balaban J connectivity index is 1.63. The van der Waals surface area contributed by atoms with Gasteiger partial charge in [-0.2, -0.15) is 4.98 Å². The lowest BCUT2D eigenvalue weighted by molar-refractivity contribution is -0.124. The van der Waals surface area contributed by atoms with Crippen molar-refractivity contribution in [1.29, 1.82) is 0 Å². The first-order chi connectivity index (χ1) is 10.6. The molecule has 2 fully saturated rings. The fourth-order valence-electron chi connectivity index (χ4n) is 3.08. The molecule has 112 valence electrons. The molecule has 7 nitrogen and oxygen atoms in total. The Labute approximate surface area is 126 Å². The molecule has 4 rings (SSSR count). The number of likely N-dealkylation sites (tertiary alicyclic amines) is 1. The molecule has 0 radical (unpaired) electrons. The van der Waals surface area contributed by atoms with Crippen molar-refractivity contribution >= 4 is 11.8 Å². The number of fused-ring (bicyclic) bond motifs is 2. The van der Waals surface area contributed by atoms with Gasteiger partial charge in [0.1, 0.15) is 6.04 Å². The highest BCUT2D eigenvalue weighted by molar-refractivity contribution is 6.00. The predicted molar refractivity (Wildman–Crippen MR) is 75.8 cm³/mol. The Hall–Kier alpha value is -2.70. The molecule has 22 heavy (non-hydrogen) atoms. The third-order valence-corrected chi connectivity index (χ3v) is 4.11. The van der Waals surface area contributed by atoms with Crippen LogP contribution in [0.1, 0.15) is 22.7 Å². The summed E-state index contributed by atoms with van der Waals surface area (Å²) in [5.74, 6) is 0.729. The lowest BCUT2D eigenvalue weighted by Crippen LogP contribution is -2.50. The van der Waals surface area contributed by atoms with Gasteiger partial charge in [0, 0.05) is 30.6 Å². The molecule has 0 aliphatic carbocycles. The Bertz CT molecular complexity index is 770. The number of hydrogen-bond acceptors (Lipinski definition) is 5. The zero-order chi connectivity index (χ0) is 15.3. The quantitative estimate of drug-likeness (QED) is 0.884. The van der Waals surface area contributed by atoms with E-state index in [4.69, 9.17) is 4.52 Å². The van der Waals surface area contributed by atoms with E-state index in [1.807, 2.05) is 6.07 Å². The molecule has 0 unspecified atom stereocenters. The first-order valence-corrected chi connectivity index (χ1v) is 7.14. The number of carbonyl (C=O) groups is 2. The van der Waals surface area contributed by atoms with Crippen molar-refractivity contribution in [3.8, 4) is 11.4 Å². The molecule has 1 aromatic heterocycles. The maximum atomic E-state index is 12.7. The van der Waals surface area contributed by atoms with Gasteiger partial charge in [-0.15, -0.1) is 0 Å². The van der Waals surface area contributed by atoms with E-state index < -0.39 is 0 Å². The monoisotopic (exact) mass is 298 g/mol. The molecule has 1 N–H and O–H groups in total. The minimum atomic E-state index is -0.339. The summed E-state index contributed by atoms with van der Waals surface area (Å²) in [5.41, 5.74) is 1.25. The largest absolute Gasteiger partial charge is 0.350 e. The van der Waals surface area contributed by atoms with E-state index in [2.05, 4.69) is 15.5 Å². The maximum Gasteiger partial charge on any atom is 0.254 e. The van der Waals surface area contributed by atoms with Gasteiger partial charge >= 0.3 is 0 Å². The van der Waals surface area contributed by atoms with Crippen molar-refractivity contribution < 1.29 is 14.1 Å². The van der Waals surface area contributed by atoms with Crippen LogP contribution in [-0.4, -0.2) is 45.5 Å². The summed E-state index contributed by atoms with van der Waals surface area (Å²) in [5, 5.41) is 6.72. The van der Waals surface area contributed by atoms with Gasteiger partial charge in [0.05, 0.1) is 0 Å². The number of rotatable bonds is 2. The number of piperazine rings is 1. The second kappa shape index (κ2) is 4.66. The Morgan fingerprint density at radius 1 is 1.45 bits per heavy atom. The number of aromatic nitrogens is 2. The molecular formula is C15H14N4O3. The summed E-state index contributed by atoms with van der Waals surface area (Å²) in [6, 6.07) is 6.82. The van der Waals surface area contributed by atoms with Crippen molar-refractivity contribution in [1.82, 2.24) is 20.4 Å². The van der Waals surface area contributed by atoms with Crippen LogP contribution in [0.2, 0.25) is 0 Å². The molecule has 2 amide bonds. The zero-order valence-electron chi connectivity index (χ0n) is 11.9. The van der Waals surface area contributed by atoms with Gasteiger partial charge in [-0.25, -0.2) is 0 Å². The molecule has 2 saturated heterocycles. The van der Waals surface area contributed by atoms with E-state index in [1.54, 1.807) is 30.0 Å². The lowest BCUT2D eigenvalue weighted by atomic mass is 10.1. The smallest absolute Gasteiger partial charge is 0.254 e. The summed E-state index contributed by atoms with van der Waals surface area (Å²) >= 11 is 0. The molecular weight excluding hydrogens is 284 g/mol. The minimum absolute atomic E-state index is 0.0606. The van der Waals surface area contributed by atoms with Crippen molar-refractivity contribution in [2.24, 2.45) is 0 Å². The summed E-state index contributed by atoms with van der Waals surface area (Å²) in [4.78, 5) is 30.2. The molecule has 2 aromatic rings. The fraction of sp³-hybridized carbons (Fsp3) is 0.333. The summed E-state index contributed by atoms with van der Waals surface area (Å²) < 4.78 is 4.96. The molecule has 0 spiro atoms. The van der Waals surface area contributed by atoms with Gasteiger partial charge in [0.15, 0.2) is 0 Å². The van der Waals surface area contributed by atoms with Crippen LogP contribution in [0.15, 0.2) is 28.8 Å². The topological polar surface area (TPSA) is 88.3 Å². The van der Waals surface area contributed by atoms with Gasteiger partial charge in [-0.1, -0.05) is 17.3 Å². The second-order valence-corrected chi connectivity index (χ2v) is 5.63. The van der Waals surface area contributed by atoms with Crippen LogP contribution in [0, 0.1) is 6.92 Å². The van der Waals surface area contributed by atoms with Crippen molar-refractivity contribution in [2.75, 3.05) is 6.54 Å². The van der Waals surface area contributed by atoms with Crippen LogP contribution in [0.3, 0.4) is 0 Å². The average Bonchev–Trinajstić information content (AvgIpc) is 3.21. The normalized spacial score (nSPS) is 23.0. The summed E-state index contributed by atoms with van der Waals surface area (Å²) in [6.07, 6.45) is 0.703. The molecule has 2 aliphatic heterocycles. The van der Waals surface area contributed by atoms with E-state index in [9.17, 15) is 9.59 Å². The van der Waals surface area contributed by atoms with E-state index in [1.165, 1.54) is 0 Å². The van der Waals surface area contributed by atoms with Crippen LogP contribution >= 0.6 is 0 Å². The lowest BCUT2D eigenvalue weighted by Gasteiger charge is -2.26. The average molecular weight is 298 g/mol. The van der Waals surface area contributed by atoms with Gasteiger partial charge < -0.3 is 14.7 Å². The zero-order valence-corrected chi connectivity index (χ0v) is 11.9. The van der Waals surface area contributed by atoms with Crippen LogP contribution in [0.25, 0.3) is 11.4 Å². The number of nitrogens with one attached hydrogen (secondary N) is 1. The Morgan fingerprint density at radius 3 is 3.00 bits per heavy atom. The first kappa shape index (κ1) is 13.0. The number of hydrogen-bond donors (Lipinski definition) is 1. The number of aryl methyl sites for hydroxylation is 1. The third kappa shape index (κ3) is 1.97. The van der Waals surface area contributed by atoms with E-state index in [0.717, 1.165) is 5.56 Å². The first-order valence-electron chi connectivity index (χ1n) is 7.14. The van der Waals surface area contributed by atoms with Gasteiger partial charge in [0.25, 0.3) is 5.91 Å². The summed E-state index contributed by atoms with van der Waals surface area (Å²) in [7, 11) is 0. The van der Waals surface area contributed by atoms with E-state index in [-0.39, 0.29) is 23.9 Å². The Morgan fingerprint density at radius 2 is 2.32 bits per heavy atom. The van der Waals surface area contributed by atoms with Gasteiger partial charge in [-0.05, 0) is 18.6 Å². The van der Waals surface area contributed by atoms with Crippen molar-refractivity contribution in [3.63, 3.8) is 0 Å². The number of amides is 2. The minimum Gasteiger partial charge on any atom is -0.350 e. The summed E-state index contributed by atoms with van der Waals surface area (Å²) in [6.45, 7) is 2.28. The van der Waals surface area contributed by atoms with Crippen LogP contribution < -0.4 is 5.32 Å². The number of benzene rings is 1. The second-order valence-electron chi connectivity index (χ2n) is 5.63. The van der Waals surface area contributed by atoms with Crippen LogP contribution in [0.5, 0.6) is 0 Å². The van der Waals surface area contributed by atoms with Gasteiger partial charge in [0.2, 0.25) is 17.6 Å². The molecule has 3 heterocycles. The van der Waals surface area contributed by atoms with Crippen LogP contribution in [0.4, 0.5) is 0 Å². The molecule has 2 aliphatic rings. The molecule has 2 atom stereocenters. The van der Waals surface area contributed by atoms with Crippen LogP contribution in [-0.2, 0) is 4.79 Å². The van der Waals surface area contributed by atoms with E-state index in [0.29, 0.717) is 30.2 Å². The number of nitrogens with zero attached hydrogens (tertiary/aromatic N) is 3. The van der Waals surface area contributed by atoms with Gasteiger partial charge in [-0.3, -0.25) is 9.59 Å². The molecule has 7 heteroatoms. The third-order valence-electron chi connectivity index (χ3n) is 4.11. The SMILES string of the molecule is Cc1nc(-c2cccc(C(=O)N3C[C@@H]4C[C@H]3C(=O)N4)c2)no1. The van der Waals surface area contributed by atoms with Crippen molar-refractivity contribution in [2.45, 2.75) is 25.4 Å². The highest BCUT2D eigenvalue weighted by atomic mass is 16.5. The van der Waals surface area contributed by atoms with E-state index >= 15 is 0 Å². The highest BCUT2D eigenvalue weighted by Gasteiger charge is 2.46. The highest BCUT2D eigenvalue weighted by Crippen LogP contribution is 2.27. The predicted octanol–water partition coefficient (Wildman–Crippen LogP) is 0.758. The molecule has 2 bridgehead atoms. The fourth-order valence-corrected chi connectivity index (χ4v) is 3.08.